The molecular formula is C14H17N3O. The van der Waals surface area contributed by atoms with Crippen molar-refractivity contribution in [3.05, 3.63) is 36.0 Å². The molecule has 0 radical (unpaired) electrons. The lowest BCUT2D eigenvalue weighted by Crippen LogP contribution is -2.29. The number of H-pyrrole nitrogens is 1. The number of aromatic amines is 1. The van der Waals surface area contributed by atoms with Gasteiger partial charge in [0.1, 0.15) is 0 Å². The second kappa shape index (κ2) is 4.05. The van der Waals surface area contributed by atoms with E-state index in [1.807, 2.05) is 42.1 Å². The second-order valence-electron chi connectivity index (χ2n) is 4.74. The topological polar surface area (TPSA) is 39.3 Å². The summed E-state index contributed by atoms with van der Waals surface area (Å²) in [5, 5.41) is 1.21. The fraction of sp³-hybridized carbons (Fsp3) is 0.357. The van der Waals surface area contributed by atoms with E-state index < -0.39 is 0 Å². The summed E-state index contributed by atoms with van der Waals surface area (Å²) in [7, 11) is 1.88. The van der Waals surface area contributed by atoms with Gasteiger partial charge >= 0.3 is 6.03 Å². The lowest BCUT2D eigenvalue weighted by molar-refractivity contribution is 0.197. The van der Waals surface area contributed by atoms with Crippen LogP contribution < -0.4 is 0 Å². The lowest BCUT2D eigenvalue weighted by Gasteiger charge is -2.17. The fourth-order valence-electron chi connectivity index (χ4n) is 2.71. The molecule has 0 spiro atoms. The van der Waals surface area contributed by atoms with Gasteiger partial charge < -0.3 is 14.8 Å². The number of urea groups is 1. The van der Waals surface area contributed by atoms with Gasteiger partial charge in [-0.3, -0.25) is 0 Å². The molecule has 0 aliphatic carbocycles. The number of benzene rings is 1. The molecular weight excluding hydrogens is 226 g/mol. The van der Waals surface area contributed by atoms with Gasteiger partial charge in [0.15, 0.2) is 0 Å². The first kappa shape index (κ1) is 11.1. The first-order valence-corrected chi connectivity index (χ1v) is 6.30. The molecule has 0 saturated carbocycles. The van der Waals surface area contributed by atoms with Crippen molar-refractivity contribution >= 4 is 16.9 Å². The summed E-state index contributed by atoms with van der Waals surface area (Å²) >= 11 is 0. The van der Waals surface area contributed by atoms with Crippen LogP contribution in [0.3, 0.4) is 0 Å². The minimum atomic E-state index is 0.118. The number of carbonyl (C=O) groups excluding carboxylic acids is 1. The number of para-hydroxylation sites is 1. The summed E-state index contributed by atoms with van der Waals surface area (Å²) in [4.78, 5) is 19.0. The second-order valence-corrected chi connectivity index (χ2v) is 4.74. The van der Waals surface area contributed by atoms with Crippen LogP contribution in [0.2, 0.25) is 0 Å². The van der Waals surface area contributed by atoms with Gasteiger partial charge in [0.25, 0.3) is 0 Å². The van der Waals surface area contributed by atoms with Crippen molar-refractivity contribution in [2.75, 3.05) is 20.1 Å². The molecule has 1 aromatic heterocycles. The van der Waals surface area contributed by atoms with Gasteiger partial charge in [-0.25, -0.2) is 4.79 Å². The van der Waals surface area contributed by atoms with Crippen LogP contribution in [0.5, 0.6) is 0 Å². The van der Waals surface area contributed by atoms with Crippen LogP contribution in [0, 0.1) is 0 Å². The number of rotatable bonds is 2. The van der Waals surface area contributed by atoms with Crippen molar-refractivity contribution in [1.82, 2.24) is 14.8 Å². The number of hydrogen-bond donors (Lipinski definition) is 1. The standard InChI is InChI=1S/C14H17N3O/c1-3-17-9-13(16(2)14(17)18)11-8-15-12-7-5-4-6-10(11)12/h4-8,13,15H,3,9H2,1-2H3. The smallest absolute Gasteiger partial charge is 0.320 e. The maximum Gasteiger partial charge on any atom is 0.320 e. The Morgan fingerprint density at radius 2 is 2.17 bits per heavy atom. The van der Waals surface area contributed by atoms with E-state index in [0.29, 0.717) is 0 Å². The highest BCUT2D eigenvalue weighted by atomic mass is 16.2. The van der Waals surface area contributed by atoms with Crippen molar-refractivity contribution in [2.45, 2.75) is 13.0 Å². The molecule has 18 heavy (non-hydrogen) atoms. The van der Waals surface area contributed by atoms with Crippen molar-refractivity contribution in [1.29, 1.82) is 0 Å². The van der Waals surface area contributed by atoms with Gasteiger partial charge in [0.2, 0.25) is 0 Å². The van der Waals surface area contributed by atoms with Gasteiger partial charge in [-0.15, -0.1) is 0 Å². The zero-order valence-corrected chi connectivity index (χ0v) is 10.7. The number of nitrogens with one attached hydrogen (secondary N) is 1. The molecule has 1 atom stereocenters. The Morgan fingerprint density at radius 1 is 1.39 bits per heavy atom. The largest absolute Gasteiger partial charge is 0.361 e. The Balaban J connectivity index is 2.03. The zero-order chi connectivity index (χ0) is 12.7. The first-order chi connectivity index (χ1) is 8.72. The highest BCUT2D eigenvalue weighted by Crippen LogP contribution is 2.32. The van der Waals surface area contributed by atoms with Gasteiger partial charge in [-0.1, -0.05) is 18.2 Å². The van der Waals surface area contributed by atoms with Crippen molar-refractivity contribution in [2.24, 2.45) is 0 Å². The summed E-state index contributed by atoms with van der Waals surface area (Å²) in [6, 6.07) is 8.49. The summed E-state index contributed by atoms with van der Waals surface area (Å²) < 4.78 is 0. The number of amides is 2. The van der Waals surface area contributed by atoms with Crippen LogP contribution in [-0.2, 0) is 0 Å². The third-order valence-corrected chi connectivity index (χ3v) is 3.80. The molecule has 1 fully saturated rings. The van der Waals surface area contributed by atoms with Gasteiger partial charge in [-0.2, -0.15) is 0 Å². The quantitative estimate of drug-likeness (QED) is 0.865. The summed E-state index contributed by atoms with van der Waals surface area (Å²) in [5.41, 5.74) is 2.33. The van der Waals surface area contributed by atoms with E-state index in [0.717, 1.165) is 18.6 Å². The van der Waals surface area contributed by atoms with Crippen LogP contribution >= 0.6 is 0 Å². The monoisotopic (exact) mass is 243 g/mol. The Hall–Kier alpha value is -1.97. The number of nitrogens with zero attached hydrogens (tertiary/aromatic N) is 2. The van der Waals surface area contributed by atoms with Crippen molar-refractivity contribution in [3.8, 4) is 0 Å². The molecule has 1 aliphatic rings. The fourth-order valence-corrected chi connectivity index (χ4v) is 2.71. The van der Waals surface area contributed by atoms with E-state index in [4.69, 9.17) is 0 Å². The van der Waals surface area contributed by atoms with Gasteiger partial charge in [0.05, 0.1) is 6.04 Å². The minimum Gasteiger partial charge on any atom is -0.361 e. The Kier molecular flexibility index (Phi) is 2.51. The summed E-state index contributed by atoms with van der Waals surface area (Å²) in [6.07, 6.45) is 2.03. The molecule has 1 unspecified atom stereocenters. The van der Waals surface area contributed by atoms with Gasteiger partial charge in [0, 0.05) is 42.8 Å². The Morgan fingerprint density at radius 3 is 2.89 bits per heavy atom. The molecule has 3 rings (SSSR count). The molecule has 4 nitrogen and oxygen atoms in total. The van der Waals surface area contributed by atoms with Crippen LogP contribution in [0.1, 0.15) is 18.5 Å². The summed E-state index contributed by atoms with van der Waals surface area (Å²) in [6.45, 7) is 3.55. The number of likely N-dealkylation sites (N-methyl/N-ethyl adjacent to an activating group) is 2. The maximum atomic E-state index is 12.0. The van der Waals surface area contributed by atoms with Gasteiger partial charge in [-0.05, 0) is 13.0 Å². The molecule has 94 valence electrons. The Bertz CT molecular complexity index is 589. The normalized spacial score (nSPS) is 20.1. The van der Waals surface area contributed by atoms with Crippen LogP contribution in [-0.4, -0.2) is 41.0 Å². The molecule has 1 aliphatic heterocycles. The predicted molar refractivity (Wildman–Crippen MR) is 71.4 cm³/mol. The first-order valence-electron chi connectivity index (χ1n) is 6.30. The highest BCUT2D eigenvalue weighted by molar-refractivity contribution is 5.85. The average molecular weight is 243 g/mol. The van der Waals surface area contributed by atoms with E-state index in [1.165, 1.54) is 10.9 Å². The molecule has 2 aromatic rings. The SMILES string of the molecule is CCN1CC(c2c[nH]c3ccccc23)N(C)C1=O. The molecule has 2 heterocycles. The number of aromatic nitrogens is 1. The van der Waals surface area contributed by atoms with Crippen LogP contribution in [0.15, 0.2) is 30.5 Å². The van der Waals surface area contributed by atoms with Crippen molar-refractivity contribution < 1.29 is 4.79 Å². The maximum absolute atomic E-state index is 12.0. The minimum absolute atomic E-state index is 0.118. The van der Waals surface area contributed by atoms with E-state index >= 15 is 0 Å². The summed E-state index contributed by atoms with van der Waals surface area (Å²) in [5.74, 6) is 0. The van der Waals surface area contributed by atoms with Crippen LogP contribution in [0.4, 0.5) is 4.79 Å². The third-order valence-electron chi connectivity index (χ3n) is 3.80. The molecule has 4 heteroatoms. The average Bonchev–Trinajstić information content (AvgIpc) is 2.93. The zero-order valence-electron chi connectivity index (χ0n) is 10.7. The molecule has 0 bridgehead atoms. The van der Waals surface area contributed by atoms with E-state index in [1.54, 1.807) is 0 Å². The third kappa shape index (κ3) is 1.49. The number of carbonyl (C=O) groups is 1. The molecule has 1 N–H and O–H groups in total. The molecule has 2 amide bonds. The lowest BCUT2D eigenvalue weighted by atomic mass is 10.1. The van der Waals surface area contributed by atoms with E-state index in [9.17, 15) is 4.79 Å². The number of fused-ring (bicyclic) bond motifs is 1. The number of hydrogen-bond acceptors (Lipinski definition) is 1. The Labute approximate surface area is 106 Å². The van der Waals surface area contributed by atoms with E-state index in [2.05, 4.69) is 17.1 Å². The van der Waals surface area contributed by atoms with Crippen molar-refractivity contribution in [3.63, 3.8) is 0 Å². The van der Waals surface area contributed by atoms with E-state index in [-0.39, 0.29) is 12.1 Å². The molecule has 1 aromatic carbocycles. The highest BCUT2D eigenvalue weighted by Gasteiger charge is 2.35. The van der Waals surface area contributed by atoms with Crippen LogP contribution in [0.25, 0.3) is 10.9 Å². The molecule has 1 saturated heterocycles. The predicted octanol–water partition coefficient (Wildman–Crippen LogP) is 2.60.